The van der Waals surface area contributed by atoms with E-state index >= 15 is 0 Å². The summed E-state index contributed by atoms with van der Waals surface area (Å²) in [7, 11) is 0. The van der Waals surface area contributed by atoms with Crippen molar-refractivity contribution in [2.24, 2.45) is 5.73 Å². The third-order valence-corrected chi connectivity index (χ3v) is 4.52. The highest BCUT2D eigenvalue weighted by Crippen LogP contribution is 2.22. The van der Waals surface area contributed by atoms with E-state index in [0.29, 0.717) is 0 Å². The molecule has 0 fully saturated rings. The number of aromatic nitrogens is 2. The molecule has 0 aliphatic rings. The summed E-state index contributed by atoms with van der Waals surface area (Å²) in [6, 6.07) is 10.8. The predicted molar refractivity (Wildman–Crippen MR) is 90.8 cm³/mol. The minimum Gasteiger partial charge on any atom is -0.324 e. The lowest BCUT2D eigenvalue weighted by Crippen LogP contribution is -2.16. The maximum absolute atomic E-state index is 6.38. The molecule has 2 rings (SSSR count). The Morgan fingerprint density at radius 2 is 1.90 bits per heavy atom. The van der Waals surface area contributed by atoms with E-state index in [-0.39, 0.29) is 6.04 Å². The van der Waals surface area contributed by atoms with Crippen molar-refractivity contribution in [2.45, 2.75) is 51.1 Å². The Bertz CT molecular complexity index is 560. The summed E-state index contributed by atoms with van der Waals surface area (Å²) in [6.07, 6.45) is 1.80. The number of hydrogen-bond acceptors (Lipinski definition) is 3. The van der Waals surface area contributed by atoms with Crippen molar-refractivity contribution < 1.29 is 0 Å². The fraction of sp³-hybridized carbons (Fsp3) is 0.471. The third kappa shape index (κ3) is 4.11. The van der Waals surface area contributed by atoms with Gasteiger partial charge in [0.05, 0.1) is 5.69 Å². The Balaban J connectivity index is 2.09. The Morgan fingerprint density at radius 3 is 2.48 bits per heavy atom. The maximum Gasteiger partial charge on any atom is 0.0624 e. The monoisotopic (exact) mass is 303 g/mol. The summed E-state index contributed by atoms with van der Waals surface area (Å²) >= 11 is 1.86. The molecule has 0 radical (unpaired) electrons. The number of benzene rings is 1. The van der Waals surface area contributed by atoms with Gasteiger partial charge in [-0.3, -0.25) is 4.68 Å². The molecule has 1 aromatic carbocycles. The van der Waals surface area contributed by atoms with E-state index in [0.717, 1.165) is 30.8 Å². The average molecular weight is 303 g/mol. The second-order valence-corrected chi connectivity index (χ2v) is 6.45. The molecule has 2 N–H and O–H groups in total. The van der Waals surface area contributed by atoms with Crippen molar-refractivity contribution in [1.29, 1.82) is 0 Å². The van der Waals surface area contributed by atoms with E-state index in [1.54, 1.807) is 0 Å². The van der Waals surface area contributed by atoms with Gasteiger partial charge in [-0.15, -0.1) is 11.8 Å². The third-order valence-electron chi connectivity index (χ3n) is 3.62. The largest absolute Gasteiger partial charge is 0.324 e. The summed E-state index contributed by atoms with van der Waals surface area (Å²) in [6.45, 7) is 7.32. The lowest BCUT2D eigenvalue weighted by atomic mass is 10.0. The van der Waals surface area contributed by atoms with Gasteiger partial charge in [0.2, 0.25) is 0 Å². The minimum atomic E-state index is 0.0254. The van der Waals surface area contributed by atoms with E-state index in [2.05, 4.69) is 60.9 Å². The molecule has 1 unspecified atom stereocenters. The van der Waals surface area contributed by atoms with Crippen LogP contribution in [0, 0.1) is 0 Å². The van der Waals surface area contributed by atoms with Crippen LogP contribution in [0.1, 0.15) is 43.8 Å². The number of thioether (sulfide) groups is 1. The van der Waals surface area contributed by atoms with Gasteiger partial charge in [0, 0.05) is 29.6 Å². The molecule has 0 amide bonds. The highest BCUT2D eigenvalue weighted by molar-refractivity contribution is 7.99. The van der Waals surface area contributed by atoms with Crippen LogP contribution in [0.15, 0.2) is 35.2 Å². The van der Waals surface area contributed by atoms with E-state index in [1.807, 2.05) is 11.8 Å². The molecule has 1 atom stereocenters. The Hall–Kier alpha value is -1.26. The van der Waals surface area contributed by atoms with Crippen LogP contribution in [0.3, 0.4) is 0 Å². The number of rotatable bonds is 7. The van der Waals surface area contributed by atoms with Crippen molar-refractivity contribution in [3.63, 3.8) is 0 Å². The lowest BCUT2D eigenvalue weighted by Gasteiger charge is -2.13. The fourth-order valence-corrected chi connectivity index (χ4v) is 3.11. The number of hydrogen-bond donors (Lipinski definition) is 1. The molecule has 0 aliphatic heterocycles. The van der Waals surface area contributed by atoms with Gasteiger partial charge in [0.15, 0.2) is 0 Å². The smallest absolute Gasteiger partial charge is 0.0624 e. The Labute approximate surface area is 131 Å². The molecule has 4 heteroatoms. The molecule has 0 saturated carbocycles. The minimum absolute atomic E-state index is 0.0254. The highest BCUT2D eigenvalue weighted by atomic mass is 32.2. The van der Waals surface area contributed by atoms with E-state index in [9.17, 15) is 0 Å². The van der Waals surface area contributed by atoms with Crippen molar-refractivity contribution in [3.05, 3.63) is 47.3 Å². The molecule has 0 saturated heterocycles. The molecule has 0 spiro atoms. The summed E-state index contributed by atoms with van der Waals surface area (Å²) < 4.78 is 2.07. The Kier molecular flexibility index (Phi) is 5.88. The molecular weight excluding hydrogens is 278 g/mol. The zero-order valence-corrected chi connectivity index (χ0v) is 14.0. The van der Waals surface area contributed by atoms with Gasteiger partial charge in [-0.25, -0.2) is 0 Å². The van der Waals surface area contributed by atoms with Crippen molar-refractivity contribution in [1.82, 2.24) is 9.78 Å². The van der Waals surface area contributed by atoms with E-state index in [4.69, 9.17) is 5.73 Å². The van der Waals surface area contributed by atoms with Crippen LogP contribution in [0.2, 0.25) is 0 Å². The molecule has 1 heterocycles. The zero-order valence-electron chi connectivity index (χ0n) is 13.2. The van der Waals surface area contributed by atoms with E-state index in [1.165, 1.54) is 16.2 Å². The molecule has 2 aromatic rings. The molecular formula is C17H25N3S. The Morgan fingerprint density at radius 1 is 1.19 bits per heavy atom. The first kappa shape index (κ1) is 16.1. The second kappa shape index (κ2) is 7.66. The number of nitrogens with zero attached hydrogens (tertiary/aromatic N) is 2. The first-order valence-corrected chi connectivity index (χ1v) is 8.70. The van der Waals surface area contributed by atoms with Crippen LogP contribution in [0.4, 0.5) is 0 Å². The fourth-order valence-electron chi connectivity index (χ4n) is 2.45. The molecule has 114 valence electrons. The van der Waals surface area contributed by atoms with Crippen molar-refractivity contribution in [3.8, 4) is 0 Å². The molecule has 0 bridgehead atoms. The van der Waals surface area contributed by atoms with Crippen molar-refractivity contribution in [2.75, 3.05) is 5.75 Å². The van der Waals surface area contributed by atoms with Gasteiger partial charge in [0.25, 0.3) is 0 Å². The SMILES string of the molecule is CCSc1ccc(C(N)Cc2cc(CC)nn2CC)cc1. The molecule has 3 nitrogen and oxygen atoms in total. The number of aryl methyl sites for hydroxylation is 2. The normalized spacial score (nSPS) is 12.6. The summed E-state index contributed by atoms with van der Waals surface area (Å²) in [5.74, 6) is 1.10. The number of nitrogens with two attached hydrogens (primary N) is 1. The zero-order chi connectivity index (χ0) is 15.2. The maximum atomic E-state index is 6.38. The van der Waals surface area contributed by atoms with E-state index < -0.39 is 0 Å². The standard InChI is InChI=1S/C17H25N3S/c1-4-14-11-15(20(5-2)19-14)12-17(18)13-7-9-16(10-8-13)21-6-3/h7-11,17H,4-6,12,18H2,1-3H3. The van der Waals surface area contributed by atoms with Gasteiger partial charge < -0.3 is 5.73 Å². The lowest BCUT2D eigenvalue weighted by molar-refractivity contribution is 0.585. The molecule has 0 aliphatic carbocycles. The average Bonchev–Trinajstić information content (AvgIpc) is 2.90. The van der Waals surface area contributed by atoms with Crippen LogP contribution >= 0.6 is 11.8 Å². The second-order valence-electron chi connectivity index (χ2n) is 5.11. The molecule has 1 aromatic heterocycles. The summed E-state index contributed by atoms with van der Waals surface area (Å²) in [5, 5.41) is 4.59. The van der Waals surface area contributed by atoms with Crippen LogP contribution in [0.5, 0.6) is 0 Å². The highest BCUT2D eigenvalue weighted by Gasteiger charge is 2.12. The van der Waals surface area contributed by atoms with Gasteiger partial charge in [-0.05, 0) is 42.9 Å². The van der Waals surface area contributed by atoms with Gasteiger partial charge in [-0.1, -0.05) is 26.0 Å². The predicted octanol–water partition coefficient (Wildman–Crippen LogP) is 3.82. The first-order valence-electron chi connectivity index (χ1n) is 7.71. The van der Waals surface area contributed by atoms with Crippen LogP contribution in [-0.4, -0.2) is 15.5 Å². The van der Waals surface area contributed by atoms with Crippen LogP contribution in [-0.2, 0) is 19.4 Å². The van der Waals surface area contributed by atoms with Gasteiger partial charge in [0.1, 0.15) is 0 Å². The van der Waals surface area contributed by atoms with Crippen molar-refractivity contribution >= 4 is 11.8 Å². The first-order chi connectivity index (χ1) is 10.2. The quantitative estimate of drug-likeness (QED) is 0.791. The van der Waals surface area contributed by atoms with Crippen LogP contribution in [0.25, 0.3) is 0 Å². The molecule has 21 heavy (non-hydrogen) atoms. The van der Waals surface area contributed by atoms with Crippen LogP contribution < -0.4 is 5.73 Å². The van der Waals surface area contributed by atoms with Gasteiger partial charge >= 0.3 is 0 Å². The van der Waals surface area contributed by atoms with Gasteiger partial charge in [-0.2, -0.15) is 5.10 Å². The summed E-state index contributed by atoms with van der Waals surface area (Å²) in [4.78, 5) is 1.31. The summed E-state index contributed by atoms with van der Waals surface area (Å²) in [5.41, 5.74) is 9.95. The topological polar surface area (TPSA) is 43.8 Å².